The first kappa shape index (κ1) is 17.3. The zero-order valence-corrected chi connectivity index (χ0v) is 15.5. The molecule has 128 valence electrons. The van der Waals surface area contributed by atoms with E-state index in [9.17, 15) is 0 Å². The lowest BCUT2D eigenvalue weighted by atomic mass is 9.90. The Kier molecular flexibility index (Phi) is 4.98. The van der Waals surface area contributed by atoms with E-state index in [2.05, 4.69) is 86.2 Å². The number of nitrogens with zero attached hydrogens (tertiary/aromatic N) is 2. The van der Waals surface area contributed by atoms with Gasteiger partial charge >= 0.3 is 0 Å². The summed E-state index contributed by atoms with van der Waals surface area (Å²) < 4.78 is 0. The molecule has 1 aromatic carbocycles. The van der Waals surface area contributed by atoms with Gasteiger partial charge in [0, 0.05) is 40.7 Å². The molecule has 0 saturated carbocycles. The molecule has 0 amide bonds. The van der Waals surface area contributed by atoms with Gasteiger partial charge in [-0.1, -0.05) is 70.2 Å². The highest BCUT2D eigenvalue weighted by Crippen LogP contribution is 2.24. The number of benzene rings is 1. The van der Waals surface area contributed by atoms with Gasteiger partial charge in [-0.05, 0) is 29.7 Å². The Morgan fingerprint density at radius 3 is 2.12 bits per heavy atom. The van der Waals surface area contributed by atoms with E-state index >= 15 is 0 Å². The largest absolute Gasteiger partial charge is 0.260 e. The summed E-state index contributed by atoms with van der Waals surface area (Å²) in [6.07, 6.45) is 4.94. The van der Waals surface area contributed by atoms with Gasteiger partial charge in [0.05, 0.1) is 0 Å². The second kappa shape index (κ2) is 7.18. The average Bonchev–Trinajstić information content (AvgIpc) is 2.62. The fourth-order valence-electron chi connectivity index (χ4n) is 2.95. The number of aromatic nitrogens is 2. The zero-order chi connectivity index (χ0) is 17.9. The van der Waals surface area contributed by atoms with Crippen LogP contribution in [0, 0.1) is 0 Å². The summed E-state index contributed by atoms with van der Waals surface area (Å²) in [5.74, 6) is 0.368. The maximum atomic E-state index is 4.69. The summed E-state index contributed by atoms with van der Waals surface area (Å²) in [5, 5.41) is 0. The van der Waals surface area contributed by atoms with E-state index in [4.69, 9.17) is 0 Å². The summed E-state index contributed by atoms with van der Waals surface area (Å²) in [6.45, 7) is 8.80. The minimum atomic E-state index is 0.0962. The summed E-state index contributed by atoms with van der Waals surface area (Å²) in [7, 11) is 0. The predicted octanol–water partition coefficient (Wildman–Crippen LogP) is 5.79. The van der Waals surface area contributed by atoms with Gasteiger partial charge < -0.3 is 0 Å². The summed E-state index contributed by atoms with van der Waals surface area (Å²) in [4.78, 5) is 9.32. The summed E-state index contributed by atoms with van der Waals surface area (Å²) in [5.41, 5.74) is 5.98. The lowest BCUT2D eigenvalue weighted by molar-refractivity contribution is 0.567. The molecule has 0 aliphatic rings. The molecule has 0 aliphatic heterocycles. The van der Waals surface area contributed by atoms with Crippen molar-refractivity contribution in [2.24, 2.45) is 0 Å². The topological polar surface area (TPSA) is 25.8 Å². The first-order chi connectivity index (χ1) is 11.9. The Morgan fingerprint density at radius 1 is 0.800 bits per heavy atom. The van der Waals surface area contributed by atoms with E-state index in [0.717, 1.165) is 23.4 Å². The monoisotopic (exact) mass is 330 g/mol. The molecule has 0 spiro atoms. The number of rotatable bonds is 4. The first-order valence-corrected chi connectivity index (χ1v) is 8.90. The molecule has 1 unspecified atom stereocenters. The van der Waals surface area contributed by atoms with Crippen molar-refractivity contribution in [3.05, 3.63) is 83.9 Å². The fourth-order valence-corrected chi connectivity index (χ4v) is 2.95. The molecule has 2 heterocycles. The molecule has 3 aromatic rings. The molecule has 0 fully saturated rings. The van der Waals surface area contributed by atoms with Crippen LogP contribution < -0.4 is 0 Å². The van der Waals surface area contributed by atoms with Crippen LogP contribution in [0.3, 0.4) is 0 Å². The second-order valence-corrected chi connectivity index (χ2v) is 7.74. The second-order valence-electron chi connectivity index (χ2n) is 7.74. The minimum absolute atomic E-state index is 0.0962. The molecule has 0 radical (unpaired) electrons. The molecular formula is C23H26N2. The number of hydrogen-bond donors (Lipinski definition) is 0. The van der Waals surface area contributed by atoms with Crippen molar-refractivity contribution >= 4 is 0 Å². The number of pyridine rings is 2. The van der Waals surface area contributed by atoms with Gasteiger partial charge in [0.2, 0.25) is 0 Å². The van der Waals surface area contributed by atoms with E-state index in [1.807, 2.05) is 18.5 Å². The zero-order valence-electron chi connectivity index (χ0n) is 15.5. The molecule has 0 saturated heterocycles. The highest BCUT2D eigenvalue weighted by molar-refractivity contribution is 5.62. The van der Waals surface area contributed by atoms with Crippen LogP contribution in [-0.2, 0) is 11.8 Å². The van der Waals surface area contributed by atoms with Crippen molar-refractivity contribution in [2.75, 3.05) is 0 Å². The van der Waals surface area contributed by atoms with Crippen molar-refractivity contribution in [1.82, 2.24) is 9.97 Å². The third-order valence-corrected chi connectivity index (χ3v) is 4.53. The number of hydrogen-bond acceptors (Lipinski definition) is 2. The molecule has 2 nitrogen and oxygen atoms in total. The molecule has 25 heavy (non-hydrogen) atoms. The average molecular weight is 330 g/mol. The predicted molar refractivity (Wildman–Crippen MR) is 105 cm³/mol. The van der Waals surface area contributed by atoms with Crippen molar-refractivity contribution in [1.29, 1.82) is 0 Å². The van der Waals surface area contributed by atoms with E-state index < -0.39 is 0 Å². The lowest BCUT2D eigenvalue weighted by Crippen LogP contribution is -2.13. The van der Waals surface area contributed by atoms with E-state index in [1.165, 1.54) is 11.1 Å². The van der Waals surface area contributed by atoms with Crippen molar-refractivity contribution in [2.45, 2.75) is 45.4 Å². The Hall–Kier alpha value is -2.48. The molecule has 0 bridgehead atoms. The van der Waals surface area contributed by atoms with Gasteiger partial charge in [-0.15, -0.1) is 0 Å². The molecular weight excluding hydrogens is 304 g/mol. The third kappa shape index (κ3) is 4.33. The highest BCUT2D eigenvalue weighted by atomic mass is 14.7. The van der Waals surface area contributed by atoms with Gasteiger partial charge in [0.25, 0.3) is 0 Å². The van der Waals surface area contributed by atoms with Crippen LogP contribution in [0.2, 0.25) is 0 Å². The quantitative estimate of drug-likeness (QED) is 0.605. The van der Waals surface area contributed by atoms with Crippen LogP contribution in [0.4, 0.5) is 0 Å². The van der Waals surface area contributed by atoms with Crippen molar-refractivity contribution in [3.8, 4) is 11.1 Å². The maximum absolute atomic E-state index is 4.69. The van der Waals surface area contributed by atoms with E-state index in [1.54, 1.807) is 0 Å². The molecule has 0 aliphatic carbocycles. The SMILES string of the molecule is CC(Cc1ccc(C(C)(C)C)nc1)c1ccc(-c2ccccc2)cn1. The van der Waals surface area contributed by atoms with Gasteiger partial charge in [-0.25, -0.2) is 0 Å². The summed E-state index contributed by atoms with van der Waals surface area (Å²) >= 11 is 0. The normalized spacial score (nSPS) is 12.8. The van der Waals surface area contributed by atoms with Crippen molar-refractivity contribution in [3.63, 3.8) is 0 Å². The van der Waals surface area contributed by atoms with Crippen LogP contribution in [0.15, 0.2) is 67.0 Å². The van der Waals surface area contributed by atoms with Gasteiger partial charge in [-0.2, -0.15) is 0 Å². The molecule has 1 atom stereocenters. The molecule has 2 heteroatoms. The van der Waals surface area contributed by atoms with Crippen LogP contribution >= 0.6 is 0 Å². The molecule has 2 aromatic heterocycles. The lowest BCUT2D eigenvalue weighted by Gasteiger charge is -2.18. The Labute approximate surface area is 151 Å². The summed E-state index contributed by atoms with van der Waals surface area (Å²) in [6, 6.07) is 19.0. The minimum Gasteiger partial charge on any atom is -0.260 e. The standard InChI is InChI=1S/C23H26N2/c1-17(14-18-10-13-22(25-15-18)23(2,3)4)21-12-11-20(16-24-21)19-8-6-5-7-9-19/h5-13,15-17H,14H2,1-4H3. The van der Waals surface area contributed by atoms with E-state index in [-0.39, 0.29) is 5.41 Å². The van der Waals surface area contributed by atoms with Crippen LogP contribution in [0.25, 0.3) is 11.1 Å². The molecule has 0 N–H and O–H groups in total. The van der Waals surface area contributed by atoms with E-state index in [0.29, 0.717) is 5.92 Å². The van der Waals surface area contributed by atoms with Gasteiger partial charge in [0.15, 0.2) is 0 Å². The van der Waals surface area contributed by atoms with Crippen LogP contribution in [0.5, 0.6) is 0 Å². The first-order valence-electron chi connectivity index (χ1n) is 8.90. The molecule has 3 rings (SSSR count). The van der Waals surface area contributed by atoms with Gasteiger partial charge in [-0.3, -0.25) is 9.97 Å². The third-order valence-electron chi connectivity index (χ3n) is 4.53. The fraction of sp³-hybridized carbons (Fsp3) is 0.304. The smallest absolute Gasteiger partial charge is 0.0457 e. The Morgan fingerprint density at radius 2 is 1.56 bits per heavy atom. The van der Waals surface area contributed by atoms with Crippen molar-refractivity contribution < 1.29 is 0 Å². The maximum Gasteiger partial charge on any atom is 0.0457 e. The van der Waals surface area contributed by atoms with Crippen LogP contribution in [0.1, 0.15) is 50.6 Å². The Bertz CT molecular complexity index is 797. The Balaban J connectivity index is 1.70. The van der Waals surface area contributed by atoms with Crippen LogP contribution in [-0.4, -0.2) is 9.97 Å². The van der Waals surface area contributed by atoms with Gasteiger partial charge in [0.1, 0.15) is 0 Å². The highest BCUT2D eigenvalue weighted by Gasteiger charge is 2.15.